The van der Waals surface area contributed by atoms with Crippen molar-refractivity contribution in [3.05, 3.63) is 59.4 Å². The summed E-state index contributed by atoms with van der Waals surface area (Å²) >= 11 is 0. The van der Waals surface area contributed by atoms with Crippen LogP contribution in [0.3, 0.4) is 0 Å². The van der Waals surface area contributed by atoms with Gasteiger partial charge in [-0.2, -0.15) is 0 Å². The number of amides is 1. The number of carbonyl (C=O) groups excluding carboxylic acids is 1. The molecular formula is C19H19N5O4. The van der Waals surface area contributed by atoms with E-state index in [0.29, 0.717) is 17.6 Å². The molecule has 3 rings (SSSR count). The van der Waals surface area contributed by atoms with Gasteiger partial charge in [0.2, 0.25) is 0 Å². The lowest BCUT2D eigenvalue weighted by Crippen LogP contribution is -2.30. The van der Waals surface area contributed by atoms with Gasteiger partial charge in [0.1, 0.15) is 11.7 Å². The van der Waals surface area contributed by atoms with Gasteiger partial charge in [-0.05, 0) is 42.5 Å². The van der Waals surface area contributed by atoms with E-state index in [1.165, 1.54) is 7.11 Å². The molecule has 0 atom stereocenters. The zero-order chi connectivity index (χ0) is 20.3. The van der Waals surface area contributed by atoms with Crippen LogP contribution >= 0.6 is 0 Å². The molecule has 1 amide bonds. The highest BCUT2D eigenvalue weighted by molar-refractivity contribution is 6.04. The Morgan fingerprint density at radius 1 is 1.18 bits per heavy atom. The first-order valence-corrected chi connectivity index (χ1v) is 8.35. The average Bonchev–Trinajstić information content (AvgIpc) is 3.01. The maximum absolute atomic E-state index is 11.2. The Kier molecular flexibility index (Phi) is 5.25. The first-order valence-electron chi connectivity index (χ1n) is 8.35. The monoisotopic (exact) mass is 381 g/mol. The third kappa shape index (κ3) is 3.93. The molecule has 0 radical (unpaired) electrons. The number of aromatic nitrogens is 2. The Balaban J connectivity index is 1.70. The van der Waals surface area contributed by atoms with Crippen molar-refractivity contribution in [3.8, 4) is 0 Å². The molecule has 0 saturated carbocycles. The van der Waals surface area contributed by atoms with Crippen LogP contribution in [0.4, 0.5) is 10.5 Å². The number of aromatic carboxylic acids is 1. The number of hydrogen-bond donors (Lipinski definition) is 4. The number of hydrogen-bond acceptors (Lipinski definition) is 6. The van der Waals surface area contributed by atoms with E-state index in [9.17, 15) is 9.59 Å². The number of carboxylic acids is 1. The quantitative estimate of drug-likeness (QED) is 0.397. The van der Waals surface area contributed by atoms with Gasteiger partial charge in [-0.1, -0.05) is 0 Å². The van der Waals surface area contributed by atoms with E-state index >= 15 is 0 Å². The van der Waals surface area contributed by atoms with Crippen molar-refractivity contribution in [1.29, 1.82) is 5.41 Å². The van der Waals surface area contributed by atoms with Crippen molar-refractivity contribution in [3.63, 3.8) is 0 Å². The summed E-state index contributed by atoms with van der Waals surface area (Å²) in [7, 11) is 3.11. The molecule has 28 heavy (non-hydrogen) atoms. The van der Waals surface area contributed by atoms with Crippen LogP contribution < -0.4 is 10.6 Å². The fraction of sp³-hybridized carbons (Fsp3) is 0.158. The Labute approximate surface area is 160 Å². The van der Waals surface area contributed by atoms with Crippen molar-refractivity contribution < 1.29 is 19.4 Å². The number of nitrogens with zero attached hydrogens (tertiary/aromatic N) is 2. The third-order valence-corrected chi connectivity index (χ3v) is 4.26. The number of carboxylic acid groups (broad SMARTS) is 1. The normalized spacial score (nSPS) is 10.5. The minimum absolute atomic E-state index is 0.0528. The highest BCUT2D eigenvalue weighted by atomic mass is 16.5. The summed E-state index contributed by atoms with van der Waals surface area (Å²) < 4.78 is 6.37. The van der Waals surface area contributed by atoms with Crippen molar-refractivity contribution in [1.82, 2.24) is 14.9 Å². The maximum atomic E-state index is 11.2. The van der Waals surface area contributed by atoms with Crippen LogP contribution in [0.1, 0.15) is 21.7 Å². The zero-order valence-corrected chi connectivity index (χ0v) is 15.3. The lowest BCUT2D eigenvalue weighted by molar-refractivity contribution is 0.0697. The molecular weight excluding hydrogens is 362 g/mol. The van der Waals surface area contributed by atoms with Crippen LogP contribution in [0.15, 0.2) is 42.5 Å². The van der Waals surface area contributed by atoms with Gasteiger partial charge in [0.25, 0.3) is 0 Å². The average molecular weight is 381 g/mol. The molecule has 0 unspecified atom stereocenters. The van der Waals surface area contributed by atoms with Gasteiger partial charge in [0.05, 0.1) is 30.3 Å². The summed E-state index contributed by atoms with van der Waals surface area (Å²) in [5.41, 5.74) is 3.02. The molecule has 0 fully saturated rings. The Morgan fingerprint density at radius 3 is 2.50 bits per heavy atom. The zero-order valence-electron chi connectivity index (χ0n) is 15.3. The third-order valence-electron chi connectivity index (χ3n) is 4.26. The largest absolute Gasteiger partial charge is 0.478 e. The van der Waals surface area contributed by atoms with E-state index in [0.717, 1.165) is 17.0 Å². The number of alkyl carbamates (subject to hydrolysis) is 1. The van der Waals surface area contributed by atoms with Crippen LogP contribution in [0.25, 0.3) is 11.0 Å². The molecule has 3 aromatic rings. The molecule has 1 heterocycles. The van der Waals surface area contributed by atoms with Crippen molar-refractivity contribution in [2.75, 3.05) is 12.4 Å². The Bertz CT molecular complexity index is 1060. The van der Waals surface area contributed by atoms with E-state index in [1.54, 1.807) is 42.5 Å². The van der Waals surface area contributed by atoms with Gasteiger partial charge in [-0.15, -0.1) is 0 Å². The summed E-state index contributed by atoms with van der Waals surface area (Å²) in [4.78, 5) is 26.8. The van der Waals surface area contributed by atoms with Crippen molar-refractivity contribution in [2.45, 2.75) is 6.54 Å². The molecule has 144 valence electrons. The summed E-state index contributed by atoms with van der Waals surface area (Å²) in [5.74, 6) is -0.288. The van der Waals surface area contributed by atoms with Crippen LogP contribution in [0.2, 0.25) is 0 Å². The smallest absolute Gasteiger partial charge is 0.412 e. The predicted octanol–water partition coefficient (Wildman–Crippen LogP) is 2.56. The number of fused-ring (bicyclic) bond motifs is 1. The van der Waals surface area contributed by atoms with Crippen LogP contribution in [-0.2, 0) is 18.3 Å². The standard InChI is InChI=1S/C19H19N5O4/c1-24-15-8-5-12(18(25)26)9-14(15)22-16(24)10-21-13-6-3-11(4-7-13)17(20)23-19(27)28-2/h3-9,21H,10H2,1-2H3,(H,25,26)(H2,20,23,27). The number of anilines is 1. The molecule has 0 aliphatic carbocycles. The fourth-order valence-corrected chi connectivity index (χ4v) is 2.70. The van der Waals surface area contributed by atoms with Crippen molar-refractivity contribution in [2.24, 2.45) is 7.05 Å². The topological polar surface area (TPSA) is 129 Å². The number of benzene rings is 2. The number of imidazole rings is 1. The summed E-state index contributed by atoms with van der Waals surface area (Å²) in [5, 5.41) is 22.5. The number of nitrogens with one attached hydrogen (secondary N) is 3. The van der Waals surface area contributed by atoms with Gasteiger partial charge in [0, 0.05) is 18.3 Å². The molecule has 0 aliphatic rings. The van der Waals surface area contributed by atoms with Gasteiger partial charge in [0.15, 0.2) is 0 Å². The summed E-state index contributed by atoms with van der Waals surface area (Å²) in [6.07, 6.45) is -0.694. The fourth-order valence-electron chi connectivity index (χ4n) is 2.70. The van der Waals surface area contributed by atoms with E-state index in [2.05, 4.69) is 20.4 Å². The maximum Gasteiger partial charge on any atom is 0.412 e. The SMILES string of the molecule is COC(=O)NC(=N)c1ccc(NCc2nc3cc(C(=O)O)ccc3n2C)cc1. The van der Waals surface area contributed by atoms with Gasteiger partial charge >= 0.3 is 12.1 Å². The number of ether oxygens (including phenoxy) is 1. The lowest BCUT2D eigenvalue weighted by Gasteiger charge is -2.09. The summed E-state index contributed by atoms with van der Waals surface area (Å²) in [6, 6.07) is 11.8. The second-order valence-electron chi connectivity index (χ2n) is 6.02. The number of amidine groups is 1. The Morgan fingerprint density at radius 2 is 1.86 bits per heavy atom. The Hall–Kier alpha value is -3.88. The molecule has 4 N–H and O–H groups in total. The number of rotatable bonds is 5. The van der Waals surface area contributed by atoms with Crippen LogP contribution in [-0.4, -0.2) is 39.7 Å². The van der Waals surface area contributed by atoms with Crippen LogP contribution in [0, 0.1) is 5.41 Å². The van der Waals surface area contributed by atoms with E-state index in [-0.39, 0.29) is 11.4 Å². The number of aryl methyl sites for hydroxylation is 1. The summed E-state index contributed by atoms with van der Waals surface area (Å²) in [6.45, 7) is 0.435. The molecule has 2 aromatic carbocycles. The number of methoxy groups -OCH3 is 1. The number of carbonyl (C=O) groups is 2. The molecule has 0 bridgehead atoms. The molecule has 9 nitrogen and oxygen atoms in total. The molecule has 0 aliphatic heterocycles. The van der Waals surface area contributed by atoms with Crippen molar-refractivity contribution >= 4 is 34.6 Å². The molecule has 0 saturated heterocycles. The first-order chi connectivity index (χ1) is 13.4. The highest BCUT2D eigenvalue weighted by Crippen LogP contribution is 2.18. The second kappa shape index (κ2) is 7.78. The molecule has 9 heteroatoms. The van der Waals surface area contributed by atoms with E-state index in [1.807, 2.05) is 11.6 Å². The minimum Gasteiger partial charge on any atom is -0.478 e. The molecule has 0 spiro atoms. The van der Waals surface area contributed by atoms with Gasteiger partial charge in [-0.3, -0.25) is 10.7 Å². The first kappa shape index (κ1) is 18.9. The lowest BCUT2D eigenvalue weighted by atomic mass is 10.2. The highest BCUT2D eigenvalue weighted by Gasteiger charge is 2.11. The van der Waals surface area contributed by atoms with E-state index in [4.69, 9.17) is 10.5 Å². The van der Waals surface area contributed by atoms with Crippen LogP contribution in [0.5, 0.6) is 0 Å². The second-order valence-corrected chi connectivity index (χ2v) is 6.02. The van der Waals surface area contributed by atoms with E-state index < -0.39 is 12.1 Å². The van der Waals surface area contributed by atoms with Gasteiger partial charge < -0.3 is 19.7 Å². The molecule has 1 aromatic heterocycles. The minimum atomic E-state index is -0.987. The van der Waals surface area contributed by atoms with Gasteiger partial charge in [-0.25, -0.2) is 14.6 Å². The predicted molar refractivity (Wildman–Crippen MR) is 104 cm³/mol.